The van der Waals surface area contributed by atoms with Gasteiger partial charge in [0.15, 0.2) is 0 Å². The molecule has 0 spiro atoms. The van der Waals surface area contributed by atoms with Gasteiger partial charge < -0.3 is 10.6 Å². The molecule has 1 unspecified atom stereocenters. The third-order valence-corrected chi connectivity index (χ3v) is 3.95. The minimum absolute atomic E-state index is 0. The number of halogens is 2. The van der Waals surface area contributed by atoms with E-state index in [0.717, 1.165) is 45.4 Å². The molecule has 1 aromatic carbocycles. The minimum Gasteiger partial charge on any atom is -0.352 e. The maximum atomic E-state index is 11.9. The van der Waals surface area contributed by atoms with E-state index in [0.29, 0.717) is 12.5 Å². The molecule has 23 heavy (non-hydrogen) atoms. The first-order valence-electron chi connectivity index (χ1n) is 7.98. The van der Waals surface area contributed by atoms with E-state index in [1.807, 2.05) is 13.1 Å². The molecule has 0 aliphatic carbocycles. The van der Waals surface area contributed by atoms with Gasteiger partial charge in [-0.05, 0) is 45.0 Å². The largest absolute Gasteiger partial charge is 0.352 e. The number of hydrogen-bond donors (Lipinski definition) is 2. The van der Waals surface area contributed by atoms with Gasteiger partial charge in [-0.25, -0.2) is 0 Å². The van der Waals surface area contributed by atoms with E-state index in [-0.39, 0.29) is 30.7 Å². The number of nitrogens with zero attached hydrogens (tertiary/aromatic N) is 1. The number of amides is 1. The zero-order chi connectivity index (χ0) is 14.9. The van der Waals surface area contributed by atoms with E-state index < -0.39 is 0 Å². The van der Waals surface area contributed by atoms with Gasteiger partial charge in [-0.2, -0.15) is 0 Å². The predicted octanol–water partition coefficient (Wildman–Crippen LogP) is 2.61. The van der Waals surface area contributed by atoms with Gasteiger partial charge in [-0.1, -0.05) is 30.3 Å². The molecule has 1 aromatic rings. The molecule has 1 atom stereocenters. The Morgan fingerprint density at radius 2 is 2.00 bits per heavy atom. The maximum Gasteiger partial charge on any atom is 0.220 e. The van der Waals surface area contributed by atoms with Crippen LogP contribution < -0.4 is 10.6 Å². The Bertz CT molecular complexity index is 431. The first-order valence-corrected chi connectivity index (χ1v) is 7.98. The van der Waals surface area contributed by atoms with Gasteiger partial charge in [0.1, 0.15) is 0 Å². The van der Waals surface area contributed by atoms with Gasteiger partial charge in [0.05, 0.1) is 0 Å². The van der Waals surface area contributed by atoms with Gasteiger partial charge in [-0.3, -0.25) is 9.69 Å². The molecule has 1 amide bonds. The molecule has 1 fully saturated rings. The molecule has 1 saturated heterocycles. The lowest BCUT2D eigenvalue weighted by atomic mass is 10.0. The van der Waals surface area contributed by atoms with Crippen LogP contribution in [-0.2, 0) is 11.3 Å². The van der Waals surface area contributed by atoms with E-state index in [1.54, 1.807) is 0 Å². The lowest BCUT2D eigenvalue weighted by Crippen LogP contribution is -2.47. The molecular weight excluding hydrogens is 333 g/mol. The molecule has 0 radical (unpaired) electrons. The molecule has 0 bridgehead atoms. The molecular formula is C17H29Cl2N3O. The molecule has 2 N–H and O–H groups in total. The molecule has 1 heterocycles. The summed E-state index contributed by atoms with van der Waals surface area (Å²) in [5.74, 6) is 0.191. The van der Waals surface area contributed by atoms with Crippen molar-refractivity contribution in [3.8, 4) is 0 Å². The maximum absolute atomic E-state index is 11.9. The van der Waals surface area contributed by atoms with Crippen LogP contribution in [0.2, 0.25) is 0 Å². The van der Waals surface area contributed by atoms with Gasteiger partial charge in [0.25, 0.3) is 0 Å². The van der Waals surface area contributed by atoms with E-state index in [4.69, 9.17) is 0 Å². The van der Waals surface area contributed by atoms with Gasteiger partial charge in [-0.15, -0.1) is 24.8 Å². The van der Waals surface area contributed by atoms with Crippen LogP contribution in [0, 0.1) is 0 Å². The zero-order valence-electron chi connectivity index (χ0n) is 13.8. The van der Waals surface area contributed by atoms with Crippen molar-refractivity contribution in [2.75, 3.05) is 26.7 Å². The van der Waals surface area contributed by atoms with E-state index in [1.165, 1.54) is 5.56 Å². The summed E-state index contributed by atoms with van der Waals surface area (Å²) >= 11 is 0. The van der Waals surface area contributed by atoms with E-state index in [9.17, 15) is 4.79 Å². The Hall–Kier alpha value is -0.810. The monoisotopic (exact) mass is 361 g/mol. The van der Waals surface area contributed by atoms with Gasteiger partial charge >= 0.3 is 0 Å². The fourth-order valence-electron chi connectivity index (χ4n) is 2.88. The smallest absolute Gasteiger partial charge is 0.220 e. The quantitative estimate of drug-likeness (QED) is 0.733. The molecule has 2 rings (SSSR count). The van der Waals surface area contributed by atoms with Crippen LogP contribution in [0.15, 0.2) is 30.3 Å². The number of nitrogens with one attached hydrogen (secondary N) is 2. The topological polar surface area (TPSA) is 44.4 Å². The van der Waals surface area contributed by atoms with Gasteiger partial charge in [0, 0.05) is 25.6 Å². The predicted molar refractivity (Wildman–Crippen MR) is 101 cm³/mol. The standard InChI is InChI=1S/C17H27N3O.2ClH/c1-18-11-5-10-17(21)19-16-9-6-12-20(14-16)13-15-7-3-2-4-8-15;;/h2-4,7-8,16,18H,5-6,9-14H2,1H3,(H,19,21);2*1H. The zero-order valence-corrected chi connectivity index (χ0v) is 15.4. The third-order valence-electron chi connectivity index (χ3n) is 3.95. The van der Waals surface area contributed by atoms with Crippen LogP contribution in [-0.4, -0.2) is 43.5 Å². The molecule has 1 aliphatic rings. The highest BCUT2D eigenvalue weighted by Gasteiger charge is 2.21. The van der Waals surface area contributed by atoms with Crippen molar-refractivity contribution < 1.29 is 4.79 Å². The van der Waals surface area contributed by atoms with Crippen molar-refractivity contribution in [1.82, 2.24) is 15.5 Å². The second kappa shape index (κ2) is 12.6. The van der Waals surface area contributed by atoms with Crippen LogP contribution in [0.5, 0.6) is 0 Å². The number of hydrogen-bond acceptors (Lipinski definition) is 3. The van der Waals surface area contributed by atoms with Crippen molar-refractivity contribution in [2.24, 2.45) is 0 Å². The van der Waals surface area contributed by atoms with Crippen molar-refractivity contribution in [2.45, 2.75) is 38.3 Å². The number of likely N-dealkylation sites (tertiary alicyclic amines) is 1. The average molecular weight is 362 g/mol. The van der Waals surface area contributed by atoms with E-state index >= 15 is 0 Å². The Kier molecular flexibility index (Phi) is 12.1. The number of carbonyl (C=O) groups excluding carboxylic acids is 1. The van der Waals surface area contributed by atoms with Crippen molar-refractivity contribution >= 4 is 30.7 Å². The van der Waals surface area contributed by atoms with Crippen LogP contribution in [0.4, 0.5) is 0 Å². The van der Waals surface area contributed by atoms with Gasteiger partial charge in [0.2, 0.25) is 5.91 Å². The van der Waals surface area contributed by atoms with Crippen LogP contribution in [0.3, 0.4) is 0 Å². The molecule has 0 saturated carbocycles. The van der Waals surface area contributed by atoms with Crippen LogP contribution >= 0.6 is 24.8 Å². The summed E-state index contributed by atoms with van der Waals surface area (Å²) in [5.41, 5.74) is 1.35. The molecule has 6 heteroatoms. The summed E-state index contributed by atoms with van der Waals surface area (Å²) in [6.07, 6.45) is 3.79. The normalized spacial score (nSPS) is 17.7. The summed E-state index contributed by atoms with van der Waals surface area (Å²) < 4.78 is 0. The minimum atomic E-state index is 0. The number of rotatable bonds is 7. The first-order chi connectivity index (χ1) is 10.3. The van der Waals surface area contributed by atoms with Crippen molar-refractivity contribution in [3.63, 3.8) is 0 Å². The Morgan fingerprint density at radius 3 is 2.70 bits per heavy atom. The molecule has 1 aliphatic heterocycles. The fraction of sp³-hybridized carbons (Fsp3) is 0.588. The summed E-state index contributed by atoms with van der Waals surface area (Å²) in [6.45, 7) is 3.97. The summed E-state index contributed by atoms with van der Waals surface area (Å²) in [7, 11) is 1.92. The lowest BCUT2D eigenvalue weighted by molar-refractivity contribution is -0.122. The first kappa shape index (κ1) is 22.2. The highest BCUT2D eigenvalue weighted by molar-refractivity contribution is 5.85. The second-order valence-electron chi connectivity index (χ2n) is 5.83. The summed E-state index contributed by atoms with van der Waals surface area (Å²) in [4.78, 5) is 14.3. The highest BCUT2D eigenvalue weighted by Crippen LogP contribution is 2.13. The highest BCUT2D eigenvalue weighted by atomic mass is 35.5. The van der Waals surface area contributed by atoms with E-state index in [2.05, 4.69) is 39.8 Å². The van der Waals surface area contributed by atoms with Crippen molar-refractivity contribution in [3.05, 3.63) is 35.9 Å². The Balaban J connectivity index is 0.00000242. The fourth-order valence-corrected chi connectivity index (χ4v) is 2.88. The lowest BCUT2D eigenvalue weighted by Gasteiger charge is -2.33. The Morgan fingerprint density at radius 1 is 1.26 bits per heavy atom. The number of carbonyl (C=O) groups is 1. The number of benzene rings is 1. The summed E-state index contributed by atoms with van der Waals surface area (Å²) in [5, 5.41) is 6.26. The SMILES string of the molecule is CNCCCC(=O)NC1CCCN(Cc2ccccc2)C1.Cl.Cl. The molecule has 4 nitrogen and oxygen atoms in total. The number of piperidine rings is 1. The average Bonchev–Trinajstić information content (AvgIpc) is 2.49. The second-order valence-corrected chi connectivity index (χ2v) is 5.83. The van der Waals surface area contributed by atoms with Crippen molar-refractivity contribution in [1.29, 1.82) is 0 Å². The van der Waals surface area contributed by atoms with Crippen LogP contribution in [0.1, 0.15) is 31.2 Å². The summed E-state index contributed by atoms with van der Waals surface area (Å²) in [6, 6.07) is 10.9. The molecule has 0 aromatic heterocycles. The third kappa shape index (κ3) is 8.56. The Labute approximate surface area is 152 Å². The van der Waals surface area contributed by atoms with Crippen LogP contribution in [0.25, 0.3) is 0 Å². The molecule has 132 valence electrons.